The van der Waals surface area contributed by atoms with Crippen molar-refractivity contribution >= 4 is 17.1 Å². The fourth-order valence-corrected chi connectivity index (χ4v) is 10.1. The molecule has 0 aliphatic heterocycles. The van der Waals surface area contributed by atoms with Crippen LogP contribution >= 0.6 is 0 Å². The van der Waals surface area contributed by atoms with Crippen molar-refractivity contribution in [1.82, 2.24) is 0 Å². The van der Waals surface area contributed by atoms with Gasteiger partial charge in [0, 0.05) is 22.5 Å². The number of nitrogens with zero attached hydrogens (tertiary/aromatic N) is 1. The minimum atomic E-state index is -0.0301. The number of fused-ring (bicyclic) bond motifs is 5. The predicted octanol–water partition coefficient (Wildman–Crippen LogP) is 14.4. The van der Waals surface area contributed by atoms with Crippen molar-refractivity contribution in [1.29, 1.82) is 0 Å². The highest BCUT2D eigenvalue weighted by molar-refractivity contribution is 5.89. The summed E-state index contributed by atoms with van der Waals surface area (Å²) in [5.74, 6) is 2.50. The van der Waals surface area contributed by atoms with Gasteiger partial charge in [0.15, 0.2) is 0 Å². The van der Waals surface area contributed by atoms with Gasteiger partial charge < -0.3 is 4.90 Å². The average Bonchev–Trinajstić information content (AvgIpc) is 3.92. The van der Waals surface area contributed by atoms with Crippen LogP contribution in [0.25, 0.3) is 44.5 Å². The van der Waals surface area contributed by atoms with Crippen LogP contribution in [0, 0.1) is 11.8 Å². The molecule has 0 saturated heterocycles. The summed E-state index contributed by atoms with van der Waals surface area (Å²) in [7, 11) is 0. The van der Waals surface area contributed by atoms with E-state index < -0.39 is 0 Å². The summed E-state index contributed by atoms with van der Waals surface area (Å²) in [5, 5.41) is 0. The molecular formula is C52H45N. The third kappa shape index (κ3) is 5.53. The molecule has 1 nitrogen and oxygen atoms in total. The van der Waals surface area contributed by atoms with E-state index in [1.165, 1.54) is 86.9 Å². The van der Waals surface area contributed by atoms with Crippen molar-refractivity contribution in [3.05, 3.63) is 187 Å². The highest BCUT2D eigenvalue weighted by atomic mass is 15.1. The number of hydrogen-bond donors (Lipinski definition) is 0. The lowest BCUT2D eigenvalue weighted by Gasteiger charge is -2.27. The second-order valence-corrected chi connectivity index (χ2v) is 16.1. The number of rotatable bonds is 7. The molecule has 0 spiro atoms. The summed E-state index contributed by atoms with van der Waals surface area (Å²) in [6.07, 6.45) is 5.62. The van der Waals surface area contributed by atoms with Crippen molar-refractivity contribution in [3.63, 3.8) is 0 Å². The molecule has 0 aromatic heterocycles. The van der Waals surface area contributed by atoms with E-state index in [1.54, 1.807) is 0 Å². The van der Waals surface area contributed by atoms with Crippen molar-refractivity contribution < 1.29 is 0 Å². The van der Waals surface area contributed by atoms with Gasteiger partial charge in [0.25, 0.3) is 0 Å². The van der Waals surface area contributed by atoms with Gasteiger partial charge >= 0.3 is 0 Å². The second kappa shape index (κ2) is 12.8. The molecule has 3 unspecified atom stereocenters. The van der Waals surface area contributed by atoms with Crippen LogP contribution in [0.5, 0.6) is 0 Å². The maximum absolute atomic E-state index is 2.52. The average molecular weight is 684 g/mol. The normalized spacial score (nSPS) is 19.2. The first-order valence-corrected chi connectivity index (χ1v) is 19.5. The molecule has 0 N–H and O–H groups in total. The standard InChI is InChI=1S/C52H45N/c1-52(2)50-16-10-9-15-46(50)49-34-44(28-30-51(49)52)53(42-24-19-37(20-25-42)36-11-5-3-6-12-36)43-26-21-39(22-27-43)45-29-23-41(47-32-35-17-18-40(47)31-35)33-48(45)38-13-7-4-8-14-38/h3-16,19-30,33-35,40,47H,17-18,31-32H2,1-2H3. The molecule has 7 aromatic rings. The Labute approximate surface area is 314 Å². The molecule has 258 valence electrons. The SMILES string of the molecule is CC1(C)c2ccccc2-c2cc(N(c3ccc(-c4ccccc4)cc3)c3ccc(-c4ccc(C5CC6CCC5C6)cc4-c4ccccc4)cc3)ccc21. The van der Waals surface area contributed by atoms with Crippen molar-refractivity contribution in [3.8, 4) is 44.5 Å². The van der Waals surface area contributed by atoms with Gasteiger partial charge in [0.05, 0.1) is 0 Å². The van der Waals surface area contributed by atoms with Crippen LogP contribution in [0.15, 0.2) is 170 Å². The molecule has 7 aromatic carbocycles. The van der Waals surface area contributed by atoms with E-state index in [1.807, 2.05) is 0 Å². The Hall–Kier alpha value is -5.66. The van der Waals surface area contributed by atoms with Crippen molar-refractivity contribution in [2.24, 2.45) is 11.8 Å². The zero-order valence-corrected chi connectivity index (χ0v) is 30.7. The molecule has 2 saturated carbocycles. The van der Waals surface area contributed by atoms with Gasteiger partial charge in [-0.05, 0) is 135 Å². The maximum Gasteiger partial charge on any atom is 0.0468 e. The van der Waals surface area contributed by atoms with E-state index in [0.717, 1.165) is 28.9 Å². The smallest absolute Gasteiger partial charge is 0.0468 e. The topological polar surface area (TPSA) is 3.24 Å². The van der Waals surface area contributed by atoms with Gasteiger partial charge in [-0.25, -0.2) is 0 Å². The van der Waals surface area contributed by atoms with E-state index in [-0.39, 0.29) is 5.41 Å². The number of benzene rings is 7. The summed E-state index contributed by atoms with van der Waals surface area (Å²) < 4.78 is 0. The lowest BCUT2D eigenvalue weighted by Crippen LogP contribution is -2.15. The summed E-state index contributed by atoms with van der Waals surface area (Å²) in [6.45, 7) is 4.70. The molecule has 0 heterocycles. The Morgan fingerprint density at radius 1 is 0.434 bits per heavy atom. The molecule has 2 fully saturated rings. The summed E-state index contributed by atoms with van der Waals surface area (Å²) in [4.78, 5) is 2.42. The summed E-state index contributed by atoms with van der Waals surface area (Å²) in [5.41, 5.74) is 18.0. The first-order chi connectivity index (χ1) is 26.0. The third-order valence-electron chi connectivity index (χ3n) is 12.8. The Morgan fingerprint density at radius 3 is 1.70 bits per heavy atom. The van der Waals surface area contributed by atoms with Gasteiger partial charge in [-0.15, -0.1) is 0 Å². The fraction of sp³-hybridized carbons (Fsp3) is 0.192. The van der Waals surface area contributed by atoms with Crippen LogP contribution in [-0.4, -0.2) is 0 Å². The maximum atomic E-state index is 2.52. The van der Waals surface area contributed by atoms with Crippen LogP contribution < -0.4 is 4.90 Å². The van der Waals surface area contributed by atoms with Gasteiger partial charge in [-0.3, -0.25) is 0 Å². The van der Waals surface area contributed by atoms with Gasteiger partial charge in [0.2, 0.25) is 0 Å². The first-order valence-electron chi connectivity index (χ1n) is 19.5. The first kappa shape index (κ1) is 32.0. The van der Waals surface area contributed by atoms with Crippen LogP contribution in [0.3, 0.4) is 0 Å². The zero-order chi connectivity index (χ0) is 35.5. The minimum Gasteiger partial charge on any atom is -0.310 e. The second-order valence-electron chi connectivity index (χ2n) is 16.1. The monoisotopic (exact) mass is 683 g/mol. The number of hydrogen-bond acceptors (Lipinski definition) is 1. The van der Waals surface area contributed by atoms with Crippen LogP contribution in [0.2, 0.25) is 0 Å². The largest absolute Gasteiger partial charge is 0.310 e. The van der Waals surface area contributed by atoms with Crippen LogP contribution in [-0.2, 0) is 5.41 Å². The fourth-order valence-electron chi connectivity index (χ4n) is 10.1. The Bertz CT molecular complexity index is 2420. The lowest BCUT2D eigenvalue weighted by molar-refractivity contribution is 0.420. The third-order valence-corrected chi connectivity index (χ3v) is 12.8. The molecule has 3 aliphatic rings. The van der Waals surface area contributed by atoms with E-state index in [9.17, 15) is 0 Å². The molecule has 10 rings (SSSR count). The molecule has 0 amide bonds. The Morgan fingerprint density at radius 2 is 1.02 bits per heavy atom. The zero-order valence-electron chi connectivity index (χ0n) is 30.7. The molecule has 53 heavy (non-hydrogen) atoms. The predicted molar refractivity (Wildman–Crippen MR) is 223 cm³/mol. The minimum absolute atomic E-state index is 0.0301. The molecule has 3 atom stereocenters. The molecule has 2 bridgehead atoms. The molecule has 1 heteroatoms. The van der Waals surface area contributed by atoms with E-state index >= 15 is 0 Å². The van der Waals surface area contributed by atoms with Crippen molar-refractivity contribution in [2.75, 3.05) is 4.90 Å². The van der Waals surface area contributed by atoms with Gasteiger partial charge in [-0.1, -0.05) is 154 Å². The molecular weight excluding hydrogens is 639 g/mol. The summed E-state index contributed by atoms with van der Waals surface area (Å²) >= 11 is 0. The Kier molecular flexibility index (Phi) is 7.72. The van der Waals surface area contributed by atoms with Crippen LogP contribution in [0.4, 0.5) is 17.1 Å². The van der Waals surface area contributed by atoms with E-state index in [2.05, 4.69) is 189 Å². The highest BCUT2D eigenvalue weighted by Gasteiger charge is 2.40. The quantitative estimate of drug-likeness (QED) is 0.162. The van der Waals surface area contributed by atoms with Crippen LogP contribution in [0.1, 0.15) is 62.1 Å². The lowest BCUT2D eigenvalue weighted by atomic mass is 9.81. The van der Waals surface area contributed by atoms with Crippen molar-refractivity contribution in [2.45, 2.75) is 50.9 Å². The van der Waals surface area contributed by atoms with E-state index in [4.69, 9.17) is 0 Å². The Balaban J connectivity index is 1.06. The molecule has 0 radical (unpaired) electrons. The molecule has 3 aliphatic carbocycles. The van der Waals surface area contributed by atoms with Gasteiger partial charge in [0.1, 0.15) is 0 Å². The van der Waals surface area contributed by atoms with E-state index in [0.29, 0.717) is 5.92 Å². The summed E-state index contributed by atoms with van der Waals surface area (Å²) in [6, 6.07) is 63.3. The van der Waals surface area contributed by atoms with Gasteiger partial charge in [-0.2, -0.15) is 0 Å². The number of anilines is 3. The highest BCUT2D eigenvalue weighted by Crippen LogP contribution is 2.54.